The van der Waals surface area contributed by atoms with Crippen LogP contribution in [0.5, 0.6) is 0 Å². The molecule has 0 saturated carbocycles. The molecule has 0 aromatic rings. The zero-order valence-electron chi connectivity index (χ0n) is 22.8. The van der Waals surface area contributed by atoms with E-state index in [2.05, 4.69) is 47.7 Å². The lowest BCUT2D eigenvalue weighted by molar-refractivity contribution is -0.188. The van der Waals surface area contributed by atoms with Gasteiger partial charge >= 0.3 is 5.97 Å². The summed E-state index contributed by atoms with van der Waals surface area (Å²) in [6.07, 6.45) is 20.4. The lowest BCUT2D eigenvalue weighted by atomic mass is 9.86. The number of unbranched alkanes of at least 4 members (excludes halogenated alkanes) is 11. The minimum atomic E-state index is -1.83. The van der Waals surface area contributed by atoms with Gasteiger partial charge in [-0.2, -0.15) is 0 Å². The maximum atomic E-state index is 12.1. The van der Waals surface area contributed by atoms with Crippen molar-refractivity contribution in [2.75, 3.05) is 0 Å². The maximum Gasteiger partial charge on any atom is 0.313 e. The van der Waals surface area contributed by atoms with E-state index < -0.39 is 8.32 Å². The second kappa shape index (κ2) is 15.5. The Labute approximate surface area is 201 Å². The topological polar surface area (TPSA) is 35.5 Å². The number of rotatable bonds is 19. The van der Waals surface area contributed by atoms with Gasteiger partial charge < -0.3 is 9.16 Å². The lowest BCUT2D eigenvalue weighted by Crippen LogP contribution is -2.49. The molecule has 0 N–H and O–H groups in total. The molecular weight excluding hydrogens is 412 g/mol. The Bertz CT molecular complexity index is 497. The normalized spacial score (nSPS) is 20.2. The molecule has 3 nitrogen and oxygen atoms in total. The summed E-state index contributed by atoms with van der Waals surface area (Å²) in [4.78, 5) is 12.1. The first-order valence-corrected chi connectivity index (χ1v) is 16.9. The van der Waals surface area contributed by atoms with Crippen molar-refractivity contribution < 1.29 is 14.0 Å². The summed E-state index contributed by atoms with van der Waals surface area (Å²) >= 11 is 0. The monoisotopic (exact) mass is 468 g/mol. The van der Waals surface area contributed by atoms with Crippen LogP contribution in [-0.2, 0) is 14.0 Å². The summed E-state index contributed by atoms with van der Waals surface area (Å²) in [5, 5.41) is 0.208. The molecule has 1 heterocycles. The van der Waals surface area contributed by atoms with E-state index in [1.165, 1.54) is 77.0 Å². The van der Waals surface area contributed by atoms with Gasteiger partial charge in [0.25, 0.3) is 0 Å². The number of hydrogen-bond acceptors (Lipinski definition) is 3. The first-order valence-electron chi connectivity index (χ1n) is 14.0. The third kappa shape index (κ3) is 11.2. The van der Waals surface area contributed by atoms with Crippen LogP contribution in [0.25, 0.3) is 0 Å². The number of carbonyl (C=O) groups is 1. The fourth-order valence-corrected chi connectivity index (χ4v) is 5.87. The van der Waals surface area contributed by atoms with Crippen molar-refractivity contribution in [3.8, 4) is 0 Å². The highest BCUT2D eigenvalue weighted by Gasteiger charge is 2.45. The van der Waals surface area contributed by atoms with Gasteiger partial charge in [0.15, 0.2) is 8.32 Å². The fourth-order valence-electron chi connectivity index (χ4n) is 4.47. The molecule has 32 heavy (non-hydrogen) atoms. The molecule has 1 aliphatic rings. The highest BCUT2D eigenvalue weighted by atomic mass is 28.4. The first-order chi connectivity index (χ1) is 15.1. The summed E-state index contributed by atoms with van der Waals surface area (Å²) in [5.74, 6) is 0.140. The lowest BCUT2D eigenvalue weighted by Gasteiger charge is -2.42. The van der Waals surface area contributed by atoms with E-state index >= 15 is 0 Å². The molecule has 1 fully saturated rings. The van der Waals surface area contributed by atoms with Crippen LogP contribution in [-0.4, -0.2) is 26.5 Å². The van der Waals surface area contributed by atoms with Crippen molar-refractivity contribution in [2.24, 2.45) is 5.92 Å². The zero-order chi connectivity index (χ0) is 24.0. The van der Waals surface area contributed by atoms with Gasteiger partial charge in [0.2, 0.25) is 0 Å². The molecule has 0 bridgehead atoms. The van der Waals surface area contributed by atoms with Gasteiger partial charge in [-0.3, -0.25) is 4.79 Å². The SMILES string of the molecule is CCCCCCCCCCCC(C[C@@H]1OC(=O)[C@H]1CCCCCC)O[Si](C)(C)C(C)(C)C. The van der Waals surface area contributed by atoms with Crippen LogP contribution < -0.4 is 0 Å². The highest BCUT2D eigenvalue weighted by Crippen LogP contribution is 2.40. The Morgan fingerprint density at radius 3 is 1.84 bits per heavy atom. The molecular formula is C28H56O3Si. The molecule has 1 unspecified atom stereocenters. The quantitative estimate of drug-likeness (QED) is 0.108. The van der Waals surface area contributed by atoms with Crippen LogP contribution in [0.1, 0.15) is 137 Å². The second-order valence-corrected chi connectivity index (χ2v) is 16.5. The van der Waals surface area contributed by atoms with E-state index in [1.807, 2.05) is 0 Å². The van der Waals surface area contributed by atoms with Crippen molar-refractivity contribution in [1.82, 2.24) is 0 Å². The van der Waals surface area contributed by atoms with E-state index in [4.69, 9.17) is 9.16 Å². The summed E-state index contributed by atoms with van der Waals surface area (Å²) in [7, 11) is -1.83. The Morgan fingerprint density at radius 2 is 1.34 bits per heavy atom. The van der Waals surface area contributed by atoms with Crippen LogP contribution in [0.3, 0.4) is 0 Å². The van der Waals surface area contributed by atoms with Crippen LogP contribution in [0.15, 0.2) is 0 Å². The smallest absolute Gasteiger partial charge is 0.313 e. The third-order valence-electron chi connectivity index (χ3n) is 7.78. The molecule has 4 heteroatoms. The van der Waals surface area contributed by atoms with Crippen molar-refractivity contribution in [3.63, 3.8) is 0 Å². The third-order valence-corrected chi connectivity index (χ3v) is 12.3. The van der Waals surface area contributed by atoms with Crippen LogP contribution >= 0.6 is 0 Å². The Kier molecular flexibility index (Phi) is 14.4. The summed E-state index contributed by atoms with van der Waals surface area (Å²) in [6.45, 7) is 16.2. The zero-order valence-corrected chi connectivity index (χ0v) is 23.8. The summed E-state index contributed by atoms with van der Waals surface area (Å²) < 4.78 is 12.5. The van der Waals surface area contributed by atoms with E-state index in [1.54, 1.807) is 0 Å². The van der Waals surface area contributed by atoms with Gasteiger partial charge in [-0.05, 0) is 31.0 Å². The minimum Gasteiger partial charge on any atom is -0.461 e. The van der Waals surface area contributed by atoms with E-state index in [0.29, 0.717) is 0 Å². The molecule has 3 atom stereocenters. The Morgan fingerprint density at radius 1 is 0.844 bits per heavy atom. The van der Waals surface area contributed by atoms with Crippen molar-refractivity contribution in [1.29, 1.82) is 0 Å². The van der Waals surface area contributed by atoms with Gasteiger partial charge in [0.1, 0.15) is 6.10 Å². The van der Waals surface area contributed by atoms with E-state index in [0.717, 1.165) is 25.7 Å². The van der Waals surface area contributed by atoms with Gasteiger partial charge in [0, 0.05) is 12.5 Å². The number of cyclic esters (lactones) is 1. The van der Waals surface area contributed by atoms with Gasteiger partial charge in [-0.15, -0.1) is 0 Å². The first kappa shape index (κ1) is 29.7. The predicted octanol–water partition coefficient (Wildman–Crippen LogP) is 9.20. The maximum absolute atomic E-state index is 12.1. The molecule has 0 radical (unpaired) electrons. The van der Waals surface area contributed by atoms with Gasteiger partial charge in [0.05, 0.1) is 5.92 Å². The van der Waals surface area contributed by atoms with E-state index in [-0.39, 0.29) is 29.1 Å². The van der Waals surface area contributed by atoms with Crippen molar-refractivity contribution in [2.45, 2.75) is 168 Å². The average molecular weight is 469 g/mol. The summed E-state index contributed by atoms with van der Waals surface area (Å²) in [5.41, 5.74) is 0. The molecule has 1 rings (SSSR count). The Balaban J connectivity index is 2.50. The molecule has 1 aliphatic heterocycles. The van der Waals surface area contributed by atoms with Crippen LogP contribution in [0.2, 0.25) is 18.1 Å². The molecule has 190 valence electrons. The second-order valence-electron chi connectivity index (χ2n) is 11.8. The van der Waals surface area contributed by atoms with Crippen molar-refractivity contribution >= 4 is 14.3 Å². The molecule has 0 amide bonds. The van der Waals surface area contributed by atoms with Gasteiger partial charge in [-0.25, -0.2) is 0 Å². The molecule has 0 spiro atoms. The molecule has 0 aromatic heterocycles. The summed E-state index contributed by atoms with van der Waals surface area (Å²) in [6, 6.07) is 0. The minimum absolute atomic E-state index is 0.0284. The predicted molar refractivity (Wildman–Crippen MR) is 141 cm³/mol. The highest BCUT2D eigenvalue weighted by molar-refractivity contribution is 6.74. The number of ether oxygens (including phenoxy) is 1. The average Bonchev–Trinajstić information content (AvgIpc) is 2.70. The van der Waals surface area contributed by atoms with Crippen LogP contribution in [0.4, 0.5) is 0 Å². The number of hydrogen-bond donors (Lipinski definition) is 0. The fraction of sp³-hybridized carbons (Fsp3) is 0.964. The van der Waals surface area contributed by atoms with Crippen molar-refractivity contribution in [3.05, 3.63) is 0 Å². The van der Waals surface area contributed by atoms with Crippen LogP contribution in [0, 0.1) is 5.92 Å². The number of carbonyl (C=O) groups excluding carboxylic acids is 1. The largest absolute Gasteiger partial charge is 0.461 e. The standard InChI is InChI=1S/C28H56O3Si/c1-8-10-12-14-15-16-17-18-19-21-24(31-32(6,7)28(3,4)5)23-26-25(27(29)30-26)22-20-13-11-9-2/h24-26H,8-23H2,1-7H3/t24?,25-,26-/m0/s1. The number of esters is 1. The van der Waals surface area contributed by atoms with E-state index in [9.17, 15) is 4.79 Å². The Hall–Kier alpha value is -0.353. The van der Waals surface area contributed by atoms with Gasteiger partial charge in [-0.1, -0.05) is 118 Å². The molecule has 0 aromatic carbocycles. The molecule has 1 saturated heterocycles. The molecule has 0 aliphatic carbocycles.